The van der Waals surface area contributed by atoms with E-state index in [1.54, 1.807) is 18.2 Å². The quantitative estimate of drug-likeness (QED) is 0.438. The molecule has 3 aromatic rings. The fourth-order valence-electron chi connectivity index (χ4n) is 3.50. The van der Waals surface area contributed by atoms with Crippen LogP contribution >= 0.6 is 0 Å². The second-order valence-corrected chi connectivity index (χ2v) is 9.06. The van der Waals surface area contributed by atoms with Gasteiger partial charge < -0.3 is 14.6 Å². The molecule has 0 aliphatic carbocycles. The highest BCUT2D eigenvalue weighted by Gasteiger charge is 2.15. The lowest BCUT2D eigenvalue weighted by Gasteiger charge is -2.09. The number of imidazole rings is 1. The Bertz CT molecular complexity index is 1210. The van der Waals surface area contributed by atoms with Crippen molar-refractivity contribution in [1.82, 2.24) is 14.9 Å². The molecule has 1 amide bonds. The number of ether oxygens (including phenoxy) is 1. The molecule has 0 radical (unpaired) electrons. The topological polar surface area (TPSA) is 116 Å². The normalized spacial score (nSPS) is 11.8. The number of hydrogen-bond donors (Lipinski definition) is 2. The Hall–Kier alpha value is -3.05. The van der Waals surface area contributed by atoms with Crippen LogP contribution in [-0.4, -0.2) is 37.0 Å². The lowest BCUT2D eigenvalue weighted by atomic mass is 10.1. The van der Waals surface area contributed by atoms with Gasteiger partial charge in [0.25, 0.3) is 0 Å². The highest BCUT2D eigenvalue weighted by Crippen LogP contribution is 2.21. The summed E-state index contributed by atoms with van der Waals surface area (Å²) < 4.78 is 53.9. The van der Waals surface area contributed by atoms with Crippen LogP contribution < -0.4 is 15.2 Å². The molecule has 2 aromatic carbocycles. The van der Waals surface area contributed by atoms with Gasteiger partial charge in [-0.15, -0.1) is 0 Å². The number of carbonyl (C=O) groups is 1. The summed E-state index contributed by atoms with van der Waals surface area (Å²) in [5, 5.41) is 8.05. The molecule has 1 aromatic heterocycles. The van der Waals surface area contributed by atoms with Crippen LogP contribution in [-0.2, 0) is 34.2 Å². The molecular weight excluding hydrogens is 454 g/mol. The number of halogens is 2. The average molecular weight is 481 g/mol. The number of aryl methyl sites for hydroxylation is 2. The van der Waals surface area contributed by atoms with Crippen molar-refractivity contribution in [3.63, 3.8) is 0 Å². The molecule has 1 heterocycles. The highest BCUT2D eigenvalue weighted by atomic mass is 32.2. The predicted octanol–water partition coefficient (Wildman–Crippen LogP) is 2.99. The van der Waals surface area contributed by atoms with Gasteiger partial charge in [-0.1, -0.05) is 19.1 Å². The van der Waals surface area contributed by atoms with E-state index in [1.165, 1.54) is 24.3 Å². The molecule has 178 valence electrons. The van der Waals surface area contributed by atoms with Gasteiger partial charge in [-0.05, 0) is 48.7 Å². The maximum atomic E-state index is 12.3. The zero-order chi connectivity index (χ0) is 24.0. The Morgan fingerprint density at radius 3 is 2.55 bits per heavy atom. The number of fused-ring (bicyclic) bond motifs is 1. The van der Waals surface area contributed by atoms with Crippen molar-refractivity contribution in [3.05, 3.63) is 53.9 Å². The van der Waals surface area contributed by atoms with Gasteiger partial charge in [0.15, 0.2) is 0 Å². The molecule has 0 spiro atoms. The van der Waals surface area contributed by atoms with Crippen molar-refractivity contribution in [3.8, 4) is 5.75 Å². The van der Waals surface area contributed by atoms with E-state index >= 15 is 0 Å². The molecule has 0 unspecified atom stereocenters. The molecule has 8 nitrogen and oxygen atoms in total. The average Bonchev–Trinajstić information content (AvgIpc) is 3.09. The number of aromatic nitrogens is 2. The first-order chi connectivity index (χ1) is 15.7. The van der Waals surface area contributed by atoms with Gasteiger partial charge in [-0.25, -0.2) is 18.5 Å². The Kier molecular flexibility index (Phi) is 7.98. The molecule has 0 aliphatic heterocycles. The molecule has 0 saturated carbocycles. The highest BCUT2D eigenvalue weighted by molar-refractivity contribution is 7.89. The fourth-order valence-corrected chi connectivity index (χ4v) is 4.03. The zero-order valence-electron chi connectivity index (χ0n) is 18.1. The predicted molar refractivity (Wildman–Crippen MR) is 120 cm³/mol. The van der Waals surface area contributed by atoms with Crippen LogP contribution in [0.15, 0.2) is 47.4 Å². The third kappa shape index (κ3) is 6.72. The smallest absolute Gasteiger partial charge is 0.387 e. The largest absolute Gasteiger partial charge is 0.435 e. The maximum Gasteiger partial charge on any atom is 0.387 e. The van der Waals surface area contributed by atoms with E-state index in [4.69, 9.17) is 5.14 Å². The minimum absolute atomic E-state index is 0.00533. The summed E-state index contributed by atoms with van der Waals surface area (Å²) in [5.74, 6) is 0.639. The van der Waals surface area contributed by atoms with Crippen LogP contribution in [0.3, 0.4) is 0 Å². The van der Waals surface area contributed by atoms with Crippen LogP contribution in [0.2, 0.25) is 0 Å². The van der Waals surface area contributed by atoms with Gasteiger partial charge in [-0.3, -0.25) is 4.79 Å². The number of rotatable bonds is 11. The van der Waals surface area contributed by atoms with Crippen LogP contribution in [0.4, 0.5) is 8.78 Å². The number of benzene rings is 2. The summed E-state index contributed by atoms with van der Waals surface area (Å²) >= 11 is 0. The SMILES string of the molecule is CCCn1c(CCC(=O)NCCc2ccc(OC(F)F)cc2)nc2cc(S(N)(=O)=O)ccc21. The number of carbonyl (C=O) groups excluding carboxylic acids is 1. The Labute approximate surface area is 190 Å². The lowest BCUT2D eigenvalue weighted by molar-refractivity contribution is -0.121. The molecule has 33 heavy (non-hydrogen) atoms. The van der Waals surface area contributed by atoms with Gasteiger partial charge in [-0.2, -0.15) is 8.78 Å². The minimum Gasteiger partial charge on any atom is -0.435 e. The Balaban J connectivity index is 1.57. The molecule has 11 heteroatoms. The van der Waals surface area contributed by atoms with Crippen molar-refractivity contribution in [2.24, 2.45) is 5.14 Å². The van der Waals surface area contributed by atoms with Crippen molar-refractivity contribution >= 4 is 27.0 Å². The number of amides is 1. The molecule has 0 bridgehead atoms. The van der Waals surface area contributed by atoms with Crippen LogP contribution in [0.1, 0.15) is 31.2 Å². The van der Waals surface area contributed by atoms with Gasteiger partial charge in [0.2, 0.25) is 15.9 Å². The first-order valence-corrected chi connectivity index (χ1v) is 12.0. The number of nitrogens with two attached hydrogens (primary N) is 1. The molecule has 0 aliphatic rings. The standard InChI is InChI=1S/C22H26F2N4O4S/c1-2-13-28-19-8-7-17(33(25,30)31)14-18(19)27-20(28)9-10-21(29)26-12-11-15-3-5-16(6-4-15)32-22(23)24/h3-8,14,22H,2,9-13H2,1H3,(H,26,29)(H2,25,30,31). The fraction of sp³-hybridized carbons (Fsp3) is 0.364. The molecule has 0 atom stereocenters. The van der Waals surface area contributed by atoms with Gasteiger partial charge >= 0.3 is 6.61 Å². The summed E-state index contributed by atoms with van der Waals surface area (Å²) in [6.45, 7) is 0.244. The Morgan fingerprint density at radius 2 is 1.91 bits per heavy atom. The lowest BCUT2D eigenvalue weighted by Crippen LogP contribution is -2.26. The summed E-state index contributed by atoms with van der Waals surface area (Å²) in [4.78, 5) is 16.8. The monoisotopic (exact) mass is 480 g/mol. The molecule has 0 saturated heterocycles. The van der Waals surface area contributed by atoms with Gasteiger partial charge in [0.05, 0.1) is 15.9 Å². The second-order valence-electron chi connectivity index (χ2n) is 7.50. The van der Waals surface area contributed by atoms with Gasteiger partial charge in [0.1, 0.15) is 11.6 Å². The number of primary sulfonamides is 1. The van der Waals surface area contributed by atoms with Crippen molar-refractivity contribution < 1.29 is 26.7 Å². The third-order valence-corrected chi connectivity index (χ3v) is 5.95. The zero-order valence-corrected chi connectivity index (χ0v) is 18.9. The number of nitrogens with one attached hydrogen (secondary N) is 1. The second kappa shape index (κ2) is 10.7. The molecule has 3 N–H and O–H groups in total. The van der Waals surface area contributed by atoms with Crippen LogP contribution in [0.5, 0.6) is 5.75 Å². The van der Waals surface area contributed by atoms with E-state index in [9.17, 15) is 22.0 Å². The summed E-state index contributed by atoms with van der Waals surface area (Å²) in [7, 11) is -3.83. The molecule has 0 fully saturated rings. The minimum atomic E-state index is -3.83. The first-order valence-electron chi connectivity index (χ1n) is 10.5. The number of sulfonamides is 1. The van der Waals surface area contributed by atoms with Crippen LogP contribution in [0.25, 0.3) is 11.0 Å². The van der Waals surface area contributed by atoms with E-state index in [0.29, 0.717) is 37.3 Å². The Morgan fingerprint density at radius 1 is 1.18 bits per heavy atom. The number of nitrogens with zero attached hydrogens (tertiary/aromatic N) is 2. The van der Waals surface area contributed by atoms with E-state index in [0.717, 1.165) is 17.5 Å². The van der Waals surface area contributed by atoms with Crippen molar-refractivity contribution in [2.75, 3.05) is 6.54 Å². The molecule has 3 rings (SSSR count). The third-order valence-electron chi connectivity index (χ3n) is 5.03. The number of hydrogen-bond acceptors (Lipinski definition) is 5. The number of alkyl halides is 2. The summed E-state index contributed by atoms with van der Waals surface area (Å²) in [6, 6.07) is 10.8. The first kappa shape index (κ1) is 24.6. The van der Waals surface area contributed by atoms with E-state index in [1.807, 2.05) is 11.5 Å². The molecular formula is C22H26F2N4O4S. The summed E-state index contributed by atoms with van der Waals surface area (Å²) in [5.41, 5.74) is 2.19. The van der Waals surface area contributed by atoms with Crippen LogP contribution in [0, 0.1) is 0 Å². The van der Waals surface area contributed by atoms with E-state index < -0.39 is 16.6 Å². The maximum absolute atomic E-state index is 12.3. The van der Waals surface area contributed by atoms with Crippen molar-refractivity contribution in [2.45, 2.75) is 50.7 Å². The van der Waals surface area contributed by atoms with E-state index in [-0.39, 0.29) is 23.0 Å². The summed E-state index contributed by atoms with van der Waals surface area (Å²) in [6.07, 6.45) is 2.01. The van der Waals surface area contributed by atoms with E-state index in [2.05, 4.69) is 15.0 Å². The van der Waals surface area contributed by atoms with Gasteiger partial charge in [0, 0.05) is 25.9 Å². The van der Waals surface area contributed by atoms with Crippen molar-refractivity contribution in [1.29, 1.82) is 0 Å².